The molecule has 25 heavy (non-hydrogen) atoms. The average molecular weight is 346 g/mol. The highest BCUT2D eigenvalue weighted by Gasteiger charge is 2.13. The molecule has 134 valence electrons. The monoisotopic (exact) mass is 346 g/mol. The summed E-state index contributed by atoms with van der Waals surface area (Å²) in [6, 6.07) is 11.7. The Kier molecular flexibility index (Phi) is 7.40. The van der Waals surface area contributed by atoms with Gasteiger partial charge in [-0.2, -0.15) is 0 Å². The molecule has 0 heterocycles. The number of aliphatic hydroxyl groups excluding tert-OH is 3. The van der Waals surface area contributed by atoms with Crippen molar-refractivity contribution in [1.82, 2.24) is 0 Å². The maximum Gasteiger partial charge on any atom is 0.193 e. The van der Waals surface area contributed by atoms with E-state index in [1.54, 1.807) is 42.5 Å². The van der Waals surface area contributed by atoms with Gasteiger partial charge in [-0.05, 0) is 54.4 Å². The molecule has 0 saturated carbocycles. The van der Waals surface area contributed by atoms with Crippen LogP contribution >= 0.6 is 0 Å². The van der Waals surface area contributed by atoms with Crippen LogP contribution < -0.4 is 9.47 Å². The standard InChI is InChI=1S/C19H22O6/c20-8-7-15-13-16(3-6-18(15)25-12-10-22)19(23)14-1-4-17(5-2-14)24-11-9-21/h1-6,13,20-22H,7-12H2. The van der Waals surface area contributed by atoms with Gasteiger partial charge in [0.15, 0.2) is 5.78 Å². The zero-order chi connectivity index (χ0) is 18.1. The average Bonchev–Trinajstić information content (AvgIpc) is 2.65. The van der Waals surface area contributed by atoms with E-state index in [4.69, 9.17) is 19.7 Å². The zero-order valence-corrected chi connectivity index (χ0v) is 13.9. The lowest BCUT2D eigenvalue weighted by Crippen LogP contribution is -2.07. The van der Waals surface area contributed by atoms with Crippen LogP contribution in [0.3, 0.4) is 0 Å². The van der Waals surface area contributed by atoms with E-state index in [-0.39, 0.29) is 38.8 Å². The summed E-state index contributed by atoms with van der Waals surface area (Å²) >= 11 is 0. The fourth-order valence-corrected chi connectivity index (χ4v) is 2.37. The molecule has 0 spiro atoms. The number of benzene rings is 2. The van der Waals surface area contributed by atoms with Gasteiger partial charge in [0.2, 0.25) is 0 Å². The van der Waals surface area contributed by atoms with Crippen LogP contribution in [0, 0.1) is 0 Å². The van der Waals surface area contributed by atoms with Crippen LogP contribution in [-0.2, 0) is 6.42 Å². The molecule has 0 aliphatic heterocycles. The number of hydrogen-bond acceptors (Lipinski definition) is 6. The Hall–Kier alpha value is -2.41. The van der Waals surface area contributed by atoms with Crippen molar-refractivity contribution in [2.75, 3.05) is 33.0 Å². The van der Waals surface area contributed by atoms with E-state index in [1.165, 1.54) is 0 Å². The third kappa shape index (κ3) is 5.29. The normalized spacial score (nSPS) is 10.5. The van der Waals surface area contributed by atoms with Gasteiger partial charge < -0.3 is 24.8 Å². The topological polar surface area (TPSA) is 96.2 Å². The summed E-state index contributed by atoms with van der Waals surface area (Å²) in [6.45, 7) is 0.112. The molecule has 0 saturated heterocycles. The van der Waals surface area contributed by atoms with Gasteiger partial charge in [-0.25, -0.2) is 0 Å². The number of rotatable bonds is 10. The minimum Gasteiger partial charge on any atom is -0.491 e. The summed E-state index contributed by atoms with van der Waals surface area (Å²) in [4.78, 5) is 12.6. The Morgan fingerprint density at radius 2 is 1.44 bits per heavy atom. The maximum absolute atomic E-state index is 12.6. The van der Waals surface area contributed by atoms with Crippen molar-refractivity contribution >= 4 is 5.78 Å². The molecule has 6 heteroatoms. The molecule has 2 aromatic rings. The predicted octanol–water partition coefficient (Wildman–Crippen LogP) is 1.19. The molecule has 2 aromatic carbocycles. The fourth-order valence-electron chi connectivity index (χ4n) is 2.37. The summed E-state index contributed by atoms with van der Waals surface area (Å²) in [7, 11) is 0. The van der Waals surface area contributed by atoms with Gasteiger partial charge in [-0.1, -0.05) is 0 Å². The predicted molar refractivity (Wildman–Crippen MR) is 92.3 cm³/mol. The van der Waals surface area contributed by atoms with Gasteiger partial charge in [0, 0.05) is 17.7 Å². The molecule has 0 unspecified atom stereocenters. The number of ether oxygens (including phenoxy) is 2. The molecular formula is C19H22O6. The van der Waals surface area contributed by atoms with Crippen LogP contribution in [0.1, 0.15) is 21.5 Å². The molecule has 0 amide bonds. The molecule has 0 aliphatic rings. The Morgan fingerprint density at radius 1 is 0.800 bits per heavy atom. The SMILES string of the molecule is O=C(c1ccc(OCCO)cc1)c1ccc(OCCO)c(CCO)c1. The second kappa shape index (κ2) is 9.78. The van der Waals surface area contributed by atoms with Crippen LogP contribution in [0.4, 0.5) is 0 Å². The molecule has 0 bridgehead atoms. The molecule has 0 aromatic heterocycles. The van der Waals surface area contributed by atoms with Crippen molar-refractivity contribution in [3.8, 4) is 11.5 Å². The van der Waals surface area contributed by atoms with Crippen molar-refractivity contribution in [2.45, 2.75) is 6.42 Å². The second-order valence-electron chi connectivity index (χ2n) is 5.29. The van der Waals surface area contributed by atoms with E-state index in [9.17, 15) is 9.90 Å². The molecule has 0 radical (unpaired) electrons. The van der Waals surface area contributed by atoms with E-state index < -0.39 is 0 Å². The number of ketones is 1. The van der Waals surface area contributed by atoms with E-state index in [2.05, 4.69) is 0 Å². The number of carbonyl (C=O) groups is 1. The molecule has 0 fully saturated rings. The lowest BCUT2D eigenvalue weighted by molar-refractivity contribution is 0.103. The zero-order valence-electron chi connectivity index (χ0n) is 13.9. The largest absolute Gasteiger partial charge is 0.491 e. The van der Waals surface area contributed by atoms with Crippen molar-refractivity contribution in [3.05, 3.63) is 59.2 Å². The van der Waals surface area contributed by atoms with Crippen molar-refractivity contribution in [1.29, 1.82) is 0 Å². The minimum atomic E-state index is -0.151. The summed E-state index contributed by atoms with van der Waals surface area (Å²) in [5, 5.41) is 26.8. The van der Waals surface area contributed by atoms with Crippen LogP contribution in [-0.4, -0.2) is 54.1 Å². The smallest absolute Gasteiger partial charge is 0.193 e. The van der Waals surface area contributed by atoms with Gasteiger partial charge in [0.05, 0.1) is 13.2 Å². The third-order valence-corrected chi connectivity index (χ3v) is 3.53. The van der Waals surface area contributed by atoms with Gasteiger partial charge in [0.1, 0.15) is 24.7 Å². The van der Waals surface area contributed by atoms with Crippen molar-refractivity contribution < 1.29 is 29.6 Å². The first-order chi connectivity index (χ1) is 12.2. The van der Waals surface area contributed by atoms with Crippen LogP contribution in [0.5, 0.6) is 11.5 Å². The first-order valence-corrected chi connectivity index (χ1v) is 8.05. The third-order valence-electron chi connectivity index (χ3n) is 3.53. The van der Waals surface area contributed by atoms with E-state index >= 15 is 0 Å². The molecule has 6 nitrogen and oxygen atoms in total. The van der Waals surface area contributed by atoms with Crippen molar-refractivity contribution in [2.24, 2.45) is 0 Å². The molecule has 0 aliphatic carbocycles. The second-order valence-corrected chi connectivity index (χ2v) is 5.29. The molecule has 0 atom stereocenters. The first-order valence-electron chi connectivity index (χ1n) is 8.05. The Balaban J connectivity index is 2.18. The molecular weight excluding hydrogens is 324 g/mol. The van der Waals surface area contributed by atoms with Gasteiger partial charge in [0.25, 0.3) is 0 Å². The Bertz CT molecular complexity index is 681. The Labute approximate surface area is 146 Å². The molecule has 2 rings (SSSR count). The van der Waals surface area contributed by atoms with Crippen LogP contribution in [0.2, 0.25) is 0 Å². The summed E-state index contributed by atoms with van der Waals surface area (Å²) in [6.07, 6.45) is 0.357. The van der Waals surface area contributed by atoms with E-state index in [0.717, 1.165) is 0 Å². The lowest BCUT2D eigenvalue weighted by atomic mass is 9.99. The van der Waals surface area contributed by atoms with Gasteiger partial charge in [-0.3, -0.25) is 4.79 Å². The van der Waals surface area contributed by atoms with Crippen molar-refractivity contribution in [3.63, 3.8) is 0 Å². The van der Waals surface area contributed by atoms with Crippen LogP contribution in [0.25, 0.3) is 0 Å². The molecule has 3 N–H and O–H groups in total. The van der Waals surface area contributed by atoms with E-state index in [0.29, 0.717) is 34.6 Å². The lowest BCUT2D eigenvalue weighted by Gasteiger charge is -2.12. The van der Waals surface area contributed by atoms with E-state index in [1.807, 2.05) is 0 Å². The summed E-state index contributed by atoms with van der Waals surface area (Å²) in [5.41, 5.74) is 1.71. The first kappa shape index (κ1) is 18.9. The quantitative estimate of drug-likeness (QED) is 0.559. The highest BCUT2D eigenvalue weighted by atomic mass is 16.5. The van der Waals surface area contributed by atoms with Gasteiger partial charge >= 0.3 is 0 Å². The minimum absolute atomic E-state index is 0.0655. The van der Waals surface area contributed by atoms with Crippen LogP contribution in [0.15, 0.2) is 42.5 Å². The number of aliphatic hydroxyl groups is 3. The highest BCUT2D eigenvalue weighted by molar-refractivity contribution is 6.09. The highest BCUT2D eigenvalue weighted by Crippen LogP contribution is 2.23. The van der Waals surface area contributed by atoms with Gasteiger partial charge in [-0.15, -0.1) is 0 Å². The maximum atomic E-state index is 12.6. The number of carbonyl (C=O) groups excluding carboxylic acids is 1. The number of hydrogen-bond donors (Lipinski definition) is 3. The summed E-state index contributed by atoms with van der Waals surface area (Å²) in [5.74, 6) is 0.980. The Morgan fingerprint density at radius 3 is 2.08 bits per heavy atom. The fraction of sp³-hybridized carbons (Fsp3) is 0.316. The summed E-state index contributed by atoms with van der Waals surface area (Å²) < 4.78 is 10.7.